The second-order valence-electron chi connectivity index (χ2n) is 18.8. The van der Waals surface area contributed by atoms with E-state index >= 15 is 0 Å². The maximum absolute atomic E-state index is 9.66. The zero-order valence-electron chi connectivity index (χ0n) is 97.8. The van der Waals surface area contributed by atoms with Crippen molar-refractivity contribution in [1.82, 2.24) is 0 Å². The standard InChI is InChI=1S/C44H28O.C42H26O/c1-3-11-29(12-4-1)30-19-21-31(22-20-30)33-24-26-41-40(27-33)35-25-23-34(28-42(35)45-41)44-38-17-9-7-15-36(38)43(32-13-5-2-6-14-32)37-16-8-10-18-39(37)44;1-2-11-28(12-3-1)41-34-14-6-8-16-36(34)42(37-17-9-7-15-35(37)41)32-20-22-33-38-25-31(21-23-39(38)43-40(33)26-32)30-19-18-27-10-4-5-13-29(27)24-30/h1-28H;1-26H/i1D,2D,3D,4D,5D,6D,7D,8D,9D,10D,11D,12D,13D,14D,15D,16D,17D,18D,19D,20D,21D,22D,23D,24D,25D,26D,27D,28D;1D,2D,3D,4D,5D,6D,7D,8D,9D,10D,11D,12D,13D,14D,15D,16D,17D,18D,19D,20D,21D,22D,23D,24D,25D,26D. The molecule has 0 bridgehead atoms. The van der Waals surface area contributed by atoms with Crippen molar-refractivity contribution in [2.75, 3.05) is 0 Å². The van der Waals surface area contributed by atoms with E-state index in [-0.39, 0.29) is 0 Å². The van der Waals surface area contributed by atoms with E-state index in [1.807, 2.05) is 0 Å². The Kier molecular flexibility index (Phi) is 4.88. The minimum atomic E-state index is -1.01. The van der Waals surface area contributed by atoms with Crippen molar-refractivity contribution in [2.45, 2.75) is 0 Å². The first-order chi connectivity index (χ1) is 66.1. The molecule has 88 heavy (non-hydrogen) atoms. The van der Waals surface area contributed by atoms with Gasteiger partial charge in [-0.3, -0.25) is 0 Å². The third-order valence-electron chi connectivity index (χ3n) is 13.9. The summed E-state index contributed by atoms with van der Waals surface area (Å²) in [6.07, 6.45) is 0. The van der Waals surface area contributed by atoms with E-state index in [1.165, 1.54) is 0 Å². The van der Waals surface area contributed by atoms with Crippen LogP contribution in [0, 0.1) is 0 Å². The number of benzene rings is 16. The first kappa shape index (κ1) is 20.3. The van der Waals surface area contributed by atoms with Gasteiger partial charge in [0.05, 0.1) is 74.0 Å². The number of hydrogen-bond acceptors (Lipinski definition) is 2. The molecular formula is C86H54O2. The van der Waals surface area contributed by atoms with E-state index in [4.69, 9.17) is 60.9 Å². The highest BCUT2D eigenvalue weighted by Crippen LogP contribution is 2.47. The molecule has 0 aliphatic heterocycles. The third-order valence-corrected chi connectivity index (χ3v) is 13.9. The molecule has 2 heteroatoms. The van der Waals surface area contributed by atoms with Gasteiger partial charge in [0.25, 0.3) is 0 Å². The molecule has 0 saturated carbocycles. The van der Waals surface area contributed by atoms with Gasteiger partial charge in [-0.1, -0.05) is 272 Å². The fourth-order valence-electron chi connectivity index (χ4n) is 10.1. The molecule has 0 aliphatic rings. The third kappa shape index (κ3) is 8.73. The highest BCUT2D eigenvalue weighted by atomic mass is 16.3. The average Bonchev–Trinajstić information content (AvgIpc) is 1.15. The molecule has 0 unspecified atom stereocenters. The number of rotatable bonds is 7. The second-order valence-corrected chi connectivity index (χ2v) is 18.8. The molecule has 0 saturated heterocycles. The van der Waals surface area contributed by atoms with E-state index in [2.05, 4.69) is 0 Å². The first-order valence-electron chi connectivity index (χ1n) is 52.8. The van der Waals surface area contributed by atoms with Crippen molar-refractivity contribution in [1.29, 1.82) is 0 Å². The minimum absolute atomic E-state index is 0.492. The predicted octanol–water partition coefficient (Wildman–Crippen LogP) is 24.6. The SMILES string of the molecule is [2H]c1c([2H])c([2H])c(-c2c([2H])c([2H])c(-c3c([2H])c([2H])c4oc5c([2H])c(-c6c7c([2H])c([2H])c([2H])c([2H])c7c(-c7c([2H])c([2H])c([2H])c([2H])c7[2H])c7c([2H])c([2H])c([2H])c([2H])c67)c([2H])c([2H])c5c4c3[2H])c([2H])c2[2H])c([2H])c1[2H].[2H]c1c([2H])c([2H])c(-c2c3c([2H])c([2H])c([2H])c([2H])c3c(-c3c([2H])c([2H])c4c(oc5c([2H])c([2H])c(-c6c([2H])c([2H])c7c([2H])c([2H])c([2H])c([2H])c7c6[2H])c([2H])c54)c3[2H])c3c([2H])c([2H])c([2H])c([2H])c23)c([2H])c1[2H]. The summed E-state index contributed by atoms with van der Waals surface area (Å²) in [6.45, 7) is 0. The summed E-state index contributed by atoms with van der Waals surface area (Å²) in [7, 11) is 0. The fourth-order valence-corrected chi connectivity index (χ4v) is 10.1. The molecule has 2 aromatic heterocycles. The first-order valence-corrected chi connectivity index (χ1v) is 25.8. The summed E-state index contributed by atoms with van der Waals surface area (Å²) >= 11 is 0. The Labute approximate surface area is 584 Å². The molecule has 2 heterocycles. The lowest BCUT2D eigenvalue weighted by Crippen LogP contribution is -1.90. The van der Waals surface area contributed by atoms with E-state index < -0.39 is 502 Å². The molecule has 410 valence electrons. The molecule has 16 aromatic carbocycles. The number of furan rings is 2. The van der Waals surface area contributed by atoms with Crippen molar-refractivity contribution < 1.29 is 82.9 Å². The van der Waals surface area contributed by atoms with E-state index in [9.17, 15) is 21.9 Å². The molecule has 0 spiro atoms. The molecular weight excluding hydrogens is 1060 g/mol. The normalized spacial score (nSPS) is 20.2. The second kappa shape index (κ2) is 21.2. The molecule has 2 nitrogen and oxygen atoms in total. The summed E-state index contributed by atoms with van der Waals surface area (Å²) in [5.74, 6) is 0. The minimum Gasteiger partial charge on any atom is -0.456 e. The van der Waals surface area contributed by atoms with Crippen LogP contribution in [-0.4, -0.2) is 0 Å². The highest BCUT2D eigenvalue weighted by Gasteiger charge is 2.21. The smallest absolute Gasteiger partial charge is 0.136 e. The van der Waals surface area contributed by atoms with Gasteiger partial charge in [0, 0.05) is 21.5 Å². The monoisotopic (exact) mass is 1170 g/mol. The Morgan fingerprint density at radius 2 is 0.443 bits per heavy atom. The molecule has 0 radical (unpaired) electrons. The Morgan fingerprint density at radius 3 is 0.864 bits per heavy atom. The number of fused-ring (bicyclic) bond motifs is 11. The van der Waals surface area contributed by atoms with Gasteiger partial charge in [0.2, 0.25) is 0 Å². The van der Waals surface area contributed by atoms with Gasteiger partial charge in [-0.25, -0.2) is 0 Å². The van der Waals surface area contributed by atoms with E-state index in [0.29, 0.717) is 0 Å². The summed E-state index contributed by atoms with van der Waals surface area (Å²) in [5.41, 5.74) is -12.6. The average molecular weight is 1170 g/mol. The van der Waals surface area contributed by atoms with Crippen LogP contribution in [0.15, 0.2) is 335 Å². The summed E-state index contributed by atoms with van der Waals surface area (Å²) in [6, 6.07) is -48.6. The topological polar surface area (TPSA) is 26.3 Å². The predicted molar refractivity (Wildman–Crippen MR) is 373 cm³/mol. The largest absolute Gasteiger partial charge is 0.456 e. The number of hydrogen-bond donors (Lipinski definition) is 0. The Hall–Kier alpha value is -11.6. The van der Waals surface area contributed by atoms with Crippen LogP contribution in [0.5, 0.6) is 0 Å². The summed E-state index contributed by atoms with van der Waals surface area (Å²) in [4.78, 5) is 0. The van der Waals surface area contributed by atoms with Crippen LogP contribution >= 0.6 is 0 Å². The summed E-state index contributed by atoms with van der Waals surface area (Å²) < 4.78 is 490. The Morgan fingerprint density at radius 1 is 0.159 bits per heavy atom. The lowest BCUT2D eigenvalue weighted by Gasteiger charge is -2.17. The van der Waals surface area contributed by atoms with E-state index in [1.54, 1.807) is 0 Å². The van der Waals surface area contributed by atoms with E-state index in [0.717, 1.165) is 0 Å². The van der Waals surface area contributed by atoms with Gasteiger partial charge in [0.1, 0.15) is 22.3 Å². The molecule has 18 rings (SSSR count). The lowest BCUT2D eigenvalue weighted by molar-refractivity contribution is 0.668. The van der Waals surface area contributed by atoms with Crippen molar-refractivity contribution in [3.05, 3.63) is 326 Å². The summed E-state index contributed by atoms with van der Waals surface area (Å²) in [5, 5.41) is -8.57. The van der Waals surface area contributed by atoms with Gasteiger partial charge >= 0.3 is 0 Å². The van der Waals surface area contributed by atoms with Gasteiger partial charge < -0.3 is 8.83 Å². The van der Waals surface area contributed by atoms with Crippen LogP contribution < -0.4 is 0 Å². The molecule has 0 fully saturated rings. The van der Waals surface area contributed by atoms with Crippen LogP contribution in [0.3, 0.4) is 0 Å². The molecule has 0 N–H and O–H groups in total. The lowest BCUT2D eigenvalue weighted by atomic mass is 9.86. The van der Waals surface area contributed by atoms with Gasteiger partial charge in [-0.15, -0.1) is 0 Å². The van der Waals surface area contributed by atoms with Crippen molar-refractivity contribution in [3.63, 3.8) is 0 Å². The maximum Gasteiger partial charge on any atom is 0.136 e. The van der Waals surface area contributed by atoms with Gasteiger partial charge in [-0.2, -0.15) is 0 Å². The maximum atomic E-state index is 9.66. The zero-order chi connectivity index (χ0) is 105. The fraction of sp³-hybridized carbons (Fsp3) is 0. The van der Waals surface area contributed by atoms with Crippen molar-refractivity contribution >= 4 is 97.7 Å². The van der Waals surface area contributed by atoms with Crippen LogP contribution in [0.1, 0.15) is 74.0 Å². The Bertz CT molecular complexity index is 8850. The molecule has 0 aliphatic carbocycles. The Balaban J connectivity index is 0.000000196. The molecule has 0 amide bonds. The van der Waals surface area contributed by atoms with Crippen LogP contribution in [-0.2, 0) is 0 Å². The molecule has 0 atom stereocenters. The van der Waals surface area contributed by atoms with Crippen LogP contribution in [0.4, 0.5) is 0 Å². The quantitative estimate of drug-likeness (QED) is 0.149. The molecule has 18 aromatic rings. The highest BCUT2D eigenvalue weighted by molar-refractivity contribution is 6.24. The van der Waals surface area contributed by atoms with Crippen molar-refractivity contribution in [2.24, 2.45) is 0 Å². The zero-order valence-corrected chi connectivity index (χ0v) is 43.8. The van der Waals surface area contributed by atoms with Gasteiger partial charge in [-0.05, 0) is 186 Å². The van der Waals surface area contributed by atoms with Crippen LogP contribution in [0.2, 0.25) is 0 Å². The van der Waals surface area contributed by atoms with Gasteiger partial charge in [0.15, 0.2) is 0 Å². The van der Waals surface area contributed by atoms with Crippen LogP contribution in [0.25, 0.3) is 176 Å². The van der Waals surface area contributed by atoms with Crippen molar-refractivity contribution in [3.8, 4) is 77.9 Å².